The van der Waals surface area contributed by atoms with Crippen molar-refractivity contribution in [2.24, 2.45) is 0 Å². The molecule has 2 rings (SSSR count). The standard InChI is InChI=1S/C11H9NO2/c1-2-8(6-12)9-3-4-10-11(5-9)14-7-13-10/h2-5H,7H2,1H3/b8-2+. The zero-order valence-electron chi connectivity index (χ0n) is 7.78. The maximum absolute atomic E-state index is 8.84. The fourth-order valence-corrected chi connectivity index (χ4v) is 1.36. The Kier molecular flexibility index (Phi) is 2.11. The molecule has 0 bridgehead atoms. The van der Waals surface area contributed by atoms with E-state index < -0.39 is 0 Å². The second-order valence-corrected chi connectivity index (χ2v) is 2.88. The molecule has 0 fully saturated rings. The molecule has 1 heterocycles. The van der Waals surface area contributed by atoms with Crippen LogP contribution in [0.4, 0.5) is 0 Å². The van der Waals surface area contributed by atoms with Crippen LogP contribution in [0.25, 0.3) is 5.57 Å². The highest BCUT2D eigenvalue weighted by atomic mass is 16.7. The van der Waals surface area contributed by atoms with Gasteiger partial charge in [-0.15, -0.1) is 0 Å². The summed E-state index contributed by atoms with van der Waals surface area (Å²) in [5, 5.41) is 8.84. The molecule has 0 saturated carbocycles. The highest BCUT2D eigenvalue weighted by Gasteiger charge is 2.13. The Bertz CT molecular complexity index is 429. The first-order valence-electron chi connectivity index (χ1n) is 4.31. The molecule has 3 nitrogen and oxygen atoms in total. The van der Waals surface area contributed by atoms with Crippen LogP contribution in [0.3, 0.4) is 0 Å². The minimum atomic E-state index is 0.260. The third-order valence-corrected chi connectivity index (χ3v) is 2.09. The van der Waals surface area contributed by atoms with Crippen molar-refractivity contribution in [1.82, 2.24) is 0 Å². The average molecular weight is 187 g/mol. The van der Waals surface area contributed by atoms with Gasteiger partial charge in [0.1, 0.15) is 0 Å². The summed E-state index contributed by atoms with van der Waals surface area (Å²) in [6.07, 6.45) is 1.78. The van der Waals surface area contributed by atoms with Gasteiger partial charge in [-0.05, 0) is 30.7 Å². The fraction of sp³-hybridized carbons (Fsp3) is 0.182. The topological polar surface area (TPSA) is 42.2 Å². The maximum atomic E-state index is 8.84. The number of fused-ring (bicyclic) bond motifs is 1. The Morgan fingerprint density at radius 3 is 2.93 bits per heavy atom. The molecule has 1 aliphatic rings. The Labute approximate surface area is 82.2 Å². The van der Waals surface area contributed by atoms with Crippen LogP contribution in [-0.2, 0) is 0 Å². The molecule has 0 aliphatic carbocycles. The van der Waals surface area contributed by atoms with Crippen molar-refractivity contribution in [3.05, 3.63) is 29.8 Å². The van der Waals surface area contributed by atoms with Crippen LogP contribution in [0.1, 0.15) is 12.5 Å². The summed E-state index contributed by atoms with van der Waals surface area (Å²) in [6.45, 7) is 2.10. The van der Waals surface area contributed by atoms with Gasteiger partial charge in [0.2, 0.25) is 6.79 Å². The summed E-state index contributed by atoms with van der Waals surface area (Å²) in [5.74, 6) is 1.44. The van der Waals surface area contributed by atoms with Gasteiger partial charge >= 0.3 is 0 Å². The summed E-state index contributed by atoms with van der Waals surface area (Å²) in [4.78, 5) is 0. The lowest BCUT2D eigenvalue weighted by molar-refractivity contribution is 0.174. The Hall–Kier alpha value is -1.95. The molecule has 0 aromatic heterocycles. The van der Waals surface area contributed by atoms with Crippen LogP contribution < -0.4 is 9.47 Å². The summed E-state index contributed by atoms with van der Waals surface area (Å²) < 4.78 is 10.4. The maximum Gasteiger partial charge on any atom is 0.231 e. The second-order valence-electron chi connectivity index (χ2n) is 2.88. The van der Waals surface area contributed by atoms with Gasteiger partial charge in [-0.3, -0.25) is 0 Å². The van der Waals surface area contributed by atoms with Gasteiger partial charge in [0.05, 0.1) is 11.6 Å². The Morgan fingerprint density at radius 1 is 1.43 bits per heavy atom. The summed E-state index contributed by atoms with van der Waals surface area (Å²) in [7, 11) is 0. The first-order valence-corrected chi connectivity index (χ1v) is 4.31. The van der Waals surface area contributed by atoms with Crippen LogP contribution in [0.5, 0.6) is 11.5 Å². The van der Waals surface area contributed by atoms with Gasteiger partial charge in [0.25, 0.3) is 0 Å². The zero-order valence-corrected chi connectivity index (χ0v) is 7.78. The van der Waals surface area contributed by atoms with Crippen molar-refractivity contribution in [1.29, 1.82) is 5.26 Å². The van der Waals surface area contributed by atoms with Gasteiger partial charge in [-0.25, -0.2) is 0 Å². The number of ether oxygens (including phenoxy) is 2. The van der Waals surface area contributed by atoms with Gasteiger partial charge in [-0.2, -0.15) is 5.26 Å². The zero-order chi connectivity index (χ0) is 9.97. The molecule has 70 valence electrons. The Morgan fingerprint density at radius 2 is 2.21 bits per heavy atom. The van der Waals surface area contributed by atoms with E-state index in [1.54, 1.807) is 6.08 Å². The average Bonchev–Trinajstić information content (AvgIpc) is 2.66. The molecule has 0 radical (unpaired) electrons. The first kappa shape index (κ1) is 8.64. The van der Waals surface area contributed by atoms with Crippen molar-refractivity contribution in [2.45, 2.75) is 6.92 Å². The molecule has 1 aliphatic heterocycles. The van der Waals surface area contributed by atoms with E-state index in [9.17, 15) is 0 Å². The van der Waals surface area contributed by atoms with Crippen LogP contribution in [-0.4, -0.2) is 6.79 Å². The molecule has 0 amide bonds. The number of allylic oxidation sites excluding steroid dienone is 2. The van der Waals surface area contributed by atoms with Gasteiger partial charge in [0, 0.05) is 0 Å². The molecule has 0 spiro atoms. The van der Waals surface area contributed by atoms with E-state index in [-0.39, 0.29) is 6.79 Å². The number of nitrogens with zero attached hydrogens (tertiary/aromatic N) is 1. The monoisotopic (exact) mass is 187 g/mol. The summed E-state index contributed by atoms with van der Waals surface area (Å²) >= 11 is 0. The SMILES string of the molecule is C/C=C(\C#N)c1ccc2c(c1)OCO2. The van der Waals surface area contributed by atoms with Gasteiger partial charge < -0.3 is 9.47 Å². The van der Waals surface area contributed by atoms with E-state index in [4.69, 9.17) is 14.7 Å². The largest absolute Gasteiger partial charge is 0.454 e. The quantitative estimate of drug-likeness (QED) is 0.634. The van der Waals surface area contributed by atoms with E-state index in [1.807, 2.05) is 25.1 Å². The molecular formula is C11H9NO2. The molecule has 0 atom stereocenters. The molecule has 0 unspecified atom stereocenters. The van der Waals surface area contributed by atoms with E-state index in [0.29, 0.717) is 11.3 Å². The molecule has 0 saturated heterocycles. The highest BCUT2D eigenvalue weighted by Crippen LogP contribution is 2.34. The smallest absolute Gasteiger partial charge is 0.231 e. The molecule has 3 heteroatoms. The van der Waals surface area contributed by atoms with Gasteiger partial charge in [-0.1, -0.05) is 6.08 Å². The molecular weight excluding hydrogens is 178 g/mol. The minimum absolute atomic E-state index is 0.260. The second kappa shape index (κ2) is 3.43. The van der Waals surface area contributed by atoms with E-state index in [1.165, 1.54) is 0 Å². The van der Waals surface area contributed by atoms with Crippen molar-refractivity contribution in [3.8, 4) is 17.6 Å². The van der Waals surface area contributed by atoms with Crippen molar-refractivity contribution in [2.75, 3.05) is 6.79 Å². The van der Waals surface area contributed by atoms with Crippen molar-refractivity contribution >= 4 is 5.57 Å². The summed E-state index contributed by atoms with van der Waals surface area (Å²) in [6, 6.07) is 7.62. The number of benzene rings is 1. The van der Waals surface area contributed by atoms with Crippen molar-refractivity contribution < 1.29 is 9.47 Å². The van der Waals surface area contributed by atoms with Crippen LogP contribution >= 0.6 is 0 Å². The van der Waals surface area contributed by atoms with E-state index >= 15 is 0 Å². The third kappa shape index (κ3) is 1.31. The lowest BCUT2D eigenvalue weighted by atomic mass is 10.1. The third-order valence-electron chi connectivity index (χ3n) is 2.09. The molecule has 0 N–H and O–H groups in total. The lowest BCUT2D eigenvalue weighted by Gasteiger charge is -2.00. The minimum Gasteiger partial charge on any atom is -0.454 e. The normalized spacial score (nSPS) is 13.9. The lowest BCUT2D eigenvalue weighted by Crippen LogP contribution is -1.92. The Balaban J connectivity index is 2.43. The van der Waals surface area contributed by atoms with Crippen molar-refractivity contribution in [3.63, 3.8) is 0 Å². The van der Waals surface area contributed by atoms with Crippen LogP contribution in [0.15, 0.2) is 24.3 Å². The predicted octanol–water partition coefficient (Wildman–Crippen LogP) is 2.34. The fourth-order valence-electron chi connectivity index (χ4n) is 1.36. The van der Waals surface area contributed by atoms with Gasteiger partial charge in [0.15, 0.2) is 11.5 Å². The highest BCUT2D eigenvalue weighted by molar-refractivity contribution is 5.77. The number of hydrogen-bond donors (Lipinski definition) is 0. The number of nitriles is 1. The van der Waals surface area contributed by atoms with E-state index in [2.05, 4.69) is 6.07 Å². The molecule has 1 aromatic carbocycles. The van der Waals surface area contributed by atoms with E-state index in [0.717, 1.165) is 11.3 Å². The number of rotatable bonds is 1. The summed E-state index contributed by atoms with van der Waals surface area (Å²) in [5.41, 5.74) is 1.50. The predicted molar refractivity (Wildman–Crippen MR) is 51.8 cm³/mol. The first-order chi connectivity index (χ1) is 6.85. The molecule has 1 aromatic rings. The van der Waals surface area contributed by atoms with Crippen LogP contribution in [0, 0.1) is 11.3 Å². The molecule has 14 heavy (non-hydrogen) atoms. The number of hydrogen-bond acceptors (Lipinski definition) is 3. The van der Waals surface area contributed by atoms with Crippen LogP contribution in [0.2, 0.25) is 0 Å².